The minimum Gasteiger partial charge on any atom is -0.497 e. The molecule has 0 saturated heterocycles. The zero-order chi connectivity index (χ0) is 13.0. The van der Waals surface area contributed by atoms with E-state index in [-0.39, 0.29) is 6.61 Å². The van der Waals surface area contributed by atoms with E-state index in [0.29, 0.717) is 6.42 Å². The number of aliphatic hydroxyl groups is 1. The molecule has 5 heteroatoms. The standard InChI is InChI=1S/C13H16N2O3/c1-17-9-3-4-12(18-2)10(7-9)11-8-14-13(15-11)5-6-16/h3-4,7-8,16H,5-6H2,1-2H3,(H,14,15). The number of nitrogens with one attached hydrogen (secondary N) is 1. The van der Waals surface area contributed by atoms with E-state index in [2.05, 4.69) is 9.97 Å². The summed E-state index contributed by atoms with van der Waals surface area (Å²) < 4.78 is 10.5. The van der Waals surface area contributed by atoms with E-state index in [4.69, 9.17) is 14.6 Å². The third-order valence-corrected chi connectivity index (χ3v) is 2.67. The highest BCUT2D eigenvalue weighted by Crippen LogP contribution is 2.32. The van der Waals surface area contributed by atoms with Crippen LogP contribution in [0, 0.1) is 0 Å². The lowest BCUT2D eigenvalue weighted by atomic mass is 10.1. The van der Waals surface area contributed by atoms with Crippen LogP contribution in [0.25, 0.3) is 11.3 Å². The molecule has 0 aliphatic heterocycles. The number of hydrogen-bond donors (Lipinski definition) is 2. The van der Waals surface area contributed by atoms with Crippen LogP contribution in [0.1, 0.15) is 5.82 Å². The molecule has 1 aromatic heterocycles. The highest BCUT2D eigenvalue weighted by atomic mass is 16.5. The molecule has 0 spiro atoms. The normalized spacial score (nSPS) is 10.4. The summed E-state index contributed by atoms with van der Waals surface area (Å²) in [4.78, 5) is 7.35. The van der Waals surface area contributed by atoms with Gasteiger partial charge in [0.05, 0.1) is 32.7 Å². The summed E-state index contributed by atoms with van der Waals surface area (Å²) in [5.74, 6) is 2.25. The monoisotopic (exact) mass is 248 g/mol. The summed E-state index contributed by atoms with van der Waals surface area (Å²) in [5, 5.41) is 8.88. The van der Waals surface area contributed by atoms with E-state index >= 15 is 0 Å². The molecule has 0 fully saturated rings. The van der Waals surface area contributed by atoms with Crippen LogP contribution in [-0.2, 0) is 6.42 Å². The molecule has 0 bridgehead atoms. The molecular weight excluding hydrogens is 232 g/mol. The summed E-state index contributed by atoms with van der Waals surface area (Å²) in [6, 6.07) is 5.57. The Balaban J connectivity index is 2.40. The Morgan fingerprint density at radius 2 is 2.11 bits per heavy atom. The number of nitrogens with zero attached hydrogens (tertiary/aromatic N) is 1. The van der Waals surface area contributed by atoms with Crippen molar-refractivity contribution >= 4 is 0 Å². The predicted molar refractivity (Wildman–Crippen MR) is 67.9 cm³/mol. The average molecular weight is 248 g/mol. The first-order valence-corrected chi connectivity index (χ1v) is 5.65. The van der Waals surface area contributed by atoms with Crippen molar-refractivity contribution in [2.45, 2.75) is 6.42 Å². The molecule has 0 aliphatic rings. The van der Waals surface area contributed by atoms with Gasteiger partial charge in [0, 0.05) is 12.0 Å². The van der Waals surface area contributed by atoms with Crippen molar-refractivity contribution in [1.82, 2.24) is 9.97 Å². The lowest BCUT2D eigenvalue weighted by Gasteiger charge is -2.08. The van der Waals surface area contributed by atoms with Gasteiger partial charge in [0.2, 0.25) is 0 Å². The Morgan fingerprint density at radius 1 is 1.28 bits per heavy atom. The van der Waals surface area contributed by atoms with Gasteiger partial charge in [-0.25, -0.2) is 4.98 Å². The molecule has 0 aliphatic carbocycles. The highest BCUT2D eigenvalue weighted by molar-refractivity contribution is 5.68. The third-order valence-electron chi connectivity index (χ3n) is 2.67. The summed E-state index contributed by atoms with van der Waals surface area (Å²) in [6.45, 7) is 0.0716. The first-order valence-electron chi connectivity index (χ1n) is 5.65. The second kappa shape index (κ2) is 5.55. The van der Waals surface area contributed by atoms with Gasteiger partial charge < -0.3 is 19.6 Å². The fourth-order valence-corrected chi connectivity index (χ4v) is 1.76. The lowest BCUT2D eigenvalue weighted by Crippen LogP contribution is -1.93. The number of aromatic amines is 1. The number of rotatable bonds is 5. The van der Waals surface area contributed by atoms with E-state index in [0.717, 1.165) is 28.6 Å². The van der Waals surface area contributed by atoms with Crippen LogP contribution in [0.15, 0.2) is 24.4 Å². The van der Waals surface area contributed by atoms with Gasteiger partial charge >= 0.3 is 0 Å². The maximum atomic E-state index is 8.88. The van der Waals surface area contributed by atoms with E-state index in [1.54, 1.807) is 20.4 Å². The summed E-state index contributed by atoms with van der Waals surface area (Å²) in [5.41, 5.74) is 1.72. The molecule has 5 nitrogen and oxygen atoms in total. The molecule has 1 heterocycles. The zero-order valence-electron chi connectivity index (χ0n) is 10.4. The minimum atomic E-state index is 0.0716. The molecule has 0 saturated carbocycles. The number of methoxy groups -OCH3 is 2. The Hall–Kier alpha value is -2.01. The van der Waals surface area contributed by atoms with E-state index in [9.17, 15) is 0 Å². The molecule has 0 atom stereocenters. The first-order chi connectivity index (χ1) is 8.78. The highest BCUT2D eigenvalue weighted by Gasteiger charge is 2.10. The van der Waals surface area contributed by atoms with Gasteiger partial charge in [-0.1, -0.05) is 0 Å². The number of ether oxygens (including phenoxy) is 2. The number of aromatic nitrogens is 2. The van der Waals surface area contributed by atoms with Crippen molar-refractivity contribution in [3.63, 3.8) is 0 Å². The fraction of sp³-hybridized carbons (Fsp3) is 0.308. The molecule has 18 heavy (non-hydrogen) atoms. The molecule has 2 N–H and O–H groups in total. The van der Waals surface area contributed by atoms with Crippen molar-refractivity contribution in [3.8, 4) is 22.8 Å². The summed E-state index contributed by atoms with van der Waals surface area (Å²) in [6.07, 6.45) is 2.23. The lowest BCUT2D eigenvalue weighted by molar-refractivity contribution is 0.297. The van der Waals surface area contributed by atoms with Crippen LogP contribution in [0.3, 0.4) is 0 Å². The van der Waals surface area contributed by atoms with Crippen molar-refractivity contribution in [2.75, 3.05) is 20.8 Å². The van der Waals surface area contributed by atoms with E-state index < -0.39 is 0 Å². The number of aliphatic hydroxyl groups excluding tert-OH is 1. The van der Waals surface area contributed by atoms with Crippen LogP contribution in [0.5, 0.6) is 11.5 Å². The topological polar surface area (TPSA) is 67.4 Å². The predicted octanol–water partition coefficient (Wildman–Crippen LogP) is 1.63. The molecule has 2 rings (SSSR count). The van der Waals surface area contributed by atoms with Crippen molar-refractivity contribution < 1.29 is 14.6 Å². The van der Waals surface area contributed by atoms with Crippen molar-refractivity contribution in [3.05, 3.63) is 30.2 Å². The summed E-state index contributed by atoms with van der Waals surface area (Å²) >= 11 is 0. The number of H-pyrrole nitrogens is 1. The van der Waals surface area contributed by atoms with Crippen molar-refractivity contribution in [2.24, 2.45) is 0 Å². The van der Waals surface area contributed by atoms with Crippen LogP contribution in [0.4, 0.5) is 0 Å². The van der Waals surface area contributed by atoms with Gasteiger partial charge in [-0.15, -0.1) is 0 Å². The fourth-order valence-electron chi connectivity index (χ4n) is 1.76. The smallest absolute Gasteiger partial charge is 0.128 e. The van der Waals surface area contributed by atoms with Gasteiger partial charge in [-0.05, 0) is 18.2 Å². The number of benzene rings is 1. The van der Waals surface area contributed by atoms with E-state index in [1.165, 1.54) is 0 Å². The Labute approximate surface area is 105 Å². The summed E-state index contributed by atoms with van der Waals surface area (Å²) in [7, 11) is 3.24. The van der Waals surface area contributed by atoms with Gasteiger partial charge in [-0.3, -0.25) is 0 Å². The van der Waals surface area contributed by atoms with Gasteiger partial charge in [0.1, 0.15) is 17.3 Å². The second-order valence-corrected chi connectivity index (χ2v) is 3.78. The Morgan fingerprint density at radius 3 is 2.78 bits per heavy atom. The third kappa shape index (κ3) is 2.46. The van der Waals surface area contributed by atoms with Gasteiger partial charge in [0.25, 0.3) is 0 Å². The van der Waals surface area contributed by atoms with Crippen molar-refractivity contribution in [1.29, 1.82) is 0 Å². The molecule has 0 amide bonds. The molecule has 2 aromatic rings. The van der Waals surface area contributed by atoms with E-state index in [1.807, 2.05) is 18.2 Å². The molecule has 0 unspecified atom stereocenters. The first kappa shape index (κ1) is 12.4. The Kier molecular flexibility index (Phi) is 3.84. The average Bonchev–Trinajstić information content (AvgIpc) is 2.87. The maximum absolute atomic E-state index is 8.88. The van der Waals surface area contributed by atoms with Gasteiger partial charge in [0.15, 0.2) is 0 Å². The molecule has 1 aromatic carbocycles. The Bertz CT molecular complexity index is 523. The van der Waals surface area contributed by atoms with Crippen LogP contribution >= 0.6 is 0 Å². The van der Waals surface area contributed by atoms with Crippen LogP contribution in [0.2, 0.25) is 0 Å². The molecular formula is C13H16N2O3. The van der Waals surface area contributed by atoms with Crippen LogP contribution in [-0.4, -0.2) is 35.9 Å². The maximum Gasteiger partial charge on any atom is 0.128 e. The SMILES string of the molecule is COc1ccc(OC)c(-c2cnc(CCO)[nH]2)c1. The van der Waals surface area contributed by atoms with Gasteiger partial charge in [-0.2, -0.15) is 0 Å². The molecule has 0 radical (unpaired) electrons. The zero-order valence-corrected chi connectivity index (χ0v) is 10.4. The minimum absolute atomic E-state index is 0.0716. The largest absolute Gasteiger partial charge is 0.497 e. The second-order valence-electron chi connectivity index (χ2n) is 3.78. The molecule has 96 valence electrons. The quantitative estimate of drug-likeness (QED) is 0.844. The number of imidazole rings is 1. The van der Waals surface area contributed by atoms with Crippen LogP contribution < -0.4 is 9.47 Å². The number of hydrogen-bond acceptors (Lipinski definition) is 4.